The molecule has 0 bridgehead atoms. The summed E-state index contributed by atoms with van der Waals surface area (Å²) in [5.74, 6) is 6.60. The second-order valence-corrected chi connectivity index (χ2v) is 6.64. The fraction of sp³-hybridized carbons (Fsp3) is 0.118. The fourth-order valence-corrected chi connectivity index (χ4v) is 3.04. The summed E-state index contributed by atoms with van der Waals surface area (Å²) < 4.78 is 1.01. The monoisotopic (exact) mass is 373 g/mol. The molecular formula is C17H16ClN5OS. The van der Waals surface area contributed by atoms with E-state index in [9.17, 15) is 4.79 Å². The maximum absolute atomic E-state index is 12.3. The van der Waals surface area contributed by atoms with Crippen LogP contribution >= 0.6 is 23.4 Å². The molecule has 3 N–H and O–H groups in total. The molecule has 0 atom stereocenters. The maximum Gasteiger partial charge on any atom is 0.315 e. The molecule has 6 nitrogen and oxygen atoms in total. The summed E-state index contributed by atoms with van der Waals surface area (Å²) in [7, 11) is 0. The van der Waals surface area contributed by atoms with E-state index >= 15 is 0 Å². The Morgan fingerprint density at radius 2 is 1.76 bits per heavy atom. The zero-order valence-corrected chi connectivity index (χ0v) is 14.8. The highest BCUT2D eigenvalue weighted by atomic mass is 35.5. The molecule has 3 rings (SSSR count). The quantitative estimate of drug-likeness (QED) is 0.510. The summed E-state index contributed by atoms with van der Waals surface area (Å²) in [5.41, 5.74) is 1.67. The van der Waals surface area contributed by atoms with Crippen LogP contribution < -0.4 is 16.7 Å². The minimum Gasteiger partial charge on any atom is -0.360 e. The van der Waals surface area contributed by atoms with E-state index in [0.717, 1.165) is 15.8 Å². The van der Waals surface area contributed by atoms with Gasteiger partial charge in [0.25, 0.3) is 0 Å². The summed E-state index contributed by atoms with van der Waals surface area (Å²) in [6, 6.07) is 17.2. The van der Waals surface area contributed by atoms with Gasteiger partial charge in [0.1, 0.15) is 0 Å². The van der Waals surface area contributed by atoms with Gasteiger partial charge in [-0.1, -0.05) is 65.8 Å². The molecule has 128 valence electrons. The predicted octanol–water partition coefficient (Wildman–Crippen LogP) is 2.91. The number of nitrogens with zero attached hydrogens (tertiary/aromatic N) is 3. The molecule has 1 aromatic heterocycles. The Labute approximate surface area is 154 Å². The summed E-state index contributed by atoms with van der Waals surface area (Å²) in [6.45, 7) is 0.474. The average Bonchev–Trinajstić information content (AvgIpc) is 2.64. The number of halogens is 1. The Bertz CT molecular complexity index is 899. The van der Waals surface area contributed by atoms with Crippen molar-refractivity contribution >= 4 is 29.2 Å². The molecule has 2 aromatic carbocycles. The number of thioether (sulfide) groups is 1. The molecule has 3 aromatic rings. The van der Waals surface area contributed by atoms with Crippen molar-refractivity contribution in [1.82, 2.24) is 14.9 Å². The lowest BCUT2D eigenvalue weighted by Crippen LogP contribution is -2.32. The molecule has 1 heterocycles. The minimum atomic E-state index is -0.412. The summed E-state index contributed by atoms with van der Waals surface area (Å²) in [4.78, 5) is 12.3. The first-order chi connectivity index (χ1) is 12.1. The number of nitrogens with two attached hydrogens (primary N) is 1. The maximum atomic E-state index is 12.3. The van der Waals surface area contributed by atoms with Crippen molar-refractivity contribution < 1.29 is 0 Å². The zero-order chi connectivity index (χ0) is 17.6. The van der Waals surface area contributed by atoms with Crippen LogP contribution in [0, 0.1) is 0 Å². The SMILES string of the molecule is Nn1c(SCc2ccc(Cl)cc2)nnc(NCc2ccccc2)c1=O. The van der Waals surface area contributed by atoms with Crippen LogP contribution in [0.15, 0.2) is 64.5 Å². The number of aromatic nitrogens is 3. The van der Waals surface area contributed by atoms with Gasteiger partial charge in [0.05, 0.1) is 0 Å². The lowest BCUT2D eigenvalue weighted by molar-refractivity contribution is 0.701. The third-order valence-corrected chi connectivity index (χ3v) is 4.71. The van der Waals surface area contributed by atoms with Crippen molar-refractivity contribution in [3.05, 3.63) is 81.1 Å². The Hall–Kier alpha value is -2.51. The van der Waals surface area contributed by atoms with E-state index in [1.807, 2.05) is 54.6 Å². The Morgan fingerprint density at radius 1 is 1.04 bits per heavy atom. The van der Waals surface area contributed by atoms with Gasteiger partial charge in [-0.05, 0) is 23.3 Å². The molecule has 0 aliphatic carbocycles. The first-order valence-corrected chi connectivity index (χ1v) is 8.89. The Balaban J connectivity index is 1.67. The molecule has 0 radical (unpaired) electrons. The minimum absolute atomic E-state index is 0.127. The van der Waals surface area contributed by atoms with E-state index in [-0.39, 0.29) is 5.82 Å². The molecule has 0 unspecified atom stereocenters. The van der Waals surface area contributed by atoms with Crippen molar-refractivity contribution in [2.75, 3.05) is 11.2 Å². The Kier molecular flexibility index (Phi) is 5.57. The molecule has 8 heteroatoms. The fourth-order valence-electron chi connectivity index (χ4n) is 2.10. The van der Waals surface area contributed by atoms with Crippen molar-refractivity contribution in [3.8, 4) is 0 Å². The van der Waals surface area contributed by atoms with E-state index in [1.165, 1.54) is 11.8 Å². The number of hydrogen-bond donors (Lipinski definition) is 2. The second-order valence-electron chi connectivity index (χ2n) is 5.26. The van der Waals surface area contributed by atoms with Gasteiger partial charge in [-0.25, -0.2) is 0 Å². The van der Waals surface area contributed by atoms with Crippen molar-refractivity contribution in [1.29, 1.82) is 0 Å². The normalized spacial score (nSPS) is 10.6. The van der Waals surface area contributed by atoms with Crippen LogP contribution in [0.5, 0.6) is 0 Å². The van der Waals surface area contributed by atoms with Crippen molar-refractivity contribution in [2.24, 2.45) is 0 Å². The number of nitrogen functional groups attached to an aromatic ring is 1. The van der Waals surface area contributed by atoms with Gasteiger partial charge in [-0.15, -0.1) is 10.2 Å². The van der Waals surface area contributed by atoms with Gasteiger partial charge >= 0.3 is 5.56 Å². The highest BCUT2D eigenvalue weighted by Crippen LogP contribution is 2.20. The predicted molar refractivity (Wildman–Crippen MR) is 101 cm³/mol. The number of benzene rings is 2. The van der Waals surface area contributed by atoms with E-state index in [0.29, 0.717) is 22.5 Å². The van der Waals surface area contributed by atoms with Crippen LogP contribution in [0.1, 0.15) is 11.1 Å². The third-order valence-electron chi connectivity index (χ3n) is 3.45. The van der Waals surface area contributed by atoms with Gasteiger partial charge < -0.3 is 11.2 Å². The highest BCUT2D eigenvalue weighted by Gasteiger charge is 2.10. The van der Waals surface area contributed by atoms with Gasteiger partial charge in [-0.2, -0.15) is 4.68 Å². The molecule has 0 fully saturated rings. The molecule has 0 saturated heterocycles. The first kappa shape index (κ1) is 17.3. The standard InChI is InChI=1S/C17H16ClN5OS/c18-14-8-6-13(7-9-14)11-25-17-22-21-15(16(24)23(17)19)20-10-12-4-2-1-3-5-12/h1-9H,10-11,19H2,(H,20,21). The topological polar surface area (TPSA) is 85.8 Å². The number of nitrogens with one attached hydrogen (secondary N) is 1. The van der Waals surface area contributed by atoms with Gasteiger partial charge in [0, 0.05) is 17.3 Å². The zero-order valence-electron chi connectivity index (χ0n) is 13.2. The average molecular weight is 374 g/mol. The molecule has 0 spiro atoms. The lowest BCUT2D eigenvalue weighted by Gasteiger charge is -2.09. The first-order valence-electron chi connectivity index (χ1n) is 7.53. The largest absolute Gasteiger partial charge is 0.360 e. The van der Waals surface area contributed by atoms with Crippen molar-refractivity contribution in [2.45, 2.75) is 17.5 Å². The van der Waals surface area contributed by atoms with Crippen LogP contribution in [-0.4, -0.2) is 14.9 Å². The van der Waals surface area contributed by atoms with Crippen LogP contribution in [-0.2, 0) is 12.3 Å². The summed E-state index contributed by atoms with van der Waals surface area (Å²) in [5, 5.41) is 12.0. The van der Waals surface area contributed by atoms with Crippen LogP contribution in [0.4, 0.5) is 5.82 Å². The van der Waals surface area contributed by atoms with E-state index in [2.05, 4.69) is 15.5 Å². The molecular weight excluding hydrogens is 358 g/mol. The smallest absolute Gasteiger partial charge is 0.315 e. The van der Waals surface area contributed by atoms with Crippen LogP contribution in [0.2, 0.25) is 5.02 Å². The molecule has 0 aliphatic heterocycles. The highest BCUT2D eigenvalue weighted by molar-refractivity contribution is 7.98. The van der Waals surface area contributed by atoms with Crippen molar-refractivity contribution in [3.63, 3.8) is 0 Å². The van der Waals surface area contributed by atoms with Gasteiger partial charge in [0.2, 0.25) is 11.0 Å². The summed E-state index contributed by atoms with van der Waals surface area (Å²) >= 11 is 7.20. The lowest BCUT2D eigenvalue weighted by atomic mass is 10.2. The second kappa shape index (κ2) is 8.04. The molecule has 25 heavy (non-hydrogen) atoms. The number of anilines is 1. The van der Waals surface area contributed by atoms with Crippen LogP contribution in [0.25, 0.3) is 0 Å². The molecule has 0 saturated carbocycles. The number of rotatable bonds is 6. The number of hydrogen-bond acceptors (Lipinski definition) is 6. The van der Waals surface area contributed by atoms with Gasteiger partial charge in [0.15, 0.2) is 0 Å². The van der Waals surface area contributed by atoms with E-state index in [1.54, 1.807) is 0 Å². The molecule has 0 aliphatic rings. The van der Waals surface area contributed by atoms with Crippen LogP contribution in [0.3, 0.4) is 0 Å². The van der Waals surface area contributed by atoms with E-state index in [4.69, 9.17) is 17.4 Å². The molecule has 0 amide bonds. The third kappa shape index (κ3) is 4.52. The summed E-state index contributed by atoms with van der Waals surface area (Å²) in [6.07, 6.45) is 0. The Morgan fingerprint density at radius 3 is 2.48 bits per heavy atom. The van der Waals surface area contributed by atoms with E-state index < -0.39 is 5.56 Å². The van der Waals surface area contributed by atoms with Gasteiger partial charge in [-0.3, -0.25) is 4.79 Å².